The number of aromatic nitrogens is 3. The number of hydrogen-bond acceptors (Lipinski definition) is 6. The molecule has 4 rings (SSSR count). The molecule has 1 aliphatic heterocycles. The highest BCUT2D eigenvalue weighted by Gasteiger charge is 2.22. The van der Waals surface area contributed by atoms with Crippen LogP contribution in [0.2, 0.25) is 0 Å². The lowest BCUT2D eigenvalue weighted by Crippen LogP contribution is -2.33. The summed E-state index contributed by atoms with van der Waals surface area (Å²) in [6.07, 6.45) is 5.14. The molecule has 0 saturated heterocycles. The van der Waals surface area contributed by atoms with Gasteiger partial charge in [0.25, 0.3) is 5.91 Å². The molecule has 8 nitrogen and oxygen atoms in total. The zero-order valence-electron chi connectivity index (χ0n) is 19.7. The third kappa shape index (κ3) is 6.23. The zero-order valence-corrected chi connectivity index (χ0v) is 19.7. The Kier molecular flexibility index (Phi) is 7.93. The number of para-hydroxylation sites is 1. The maximum Gasteiger partial charge on any atom is 0.258 e. The summed E-state index contributed by atoms with van der Waals surface area (Å²) in [4.78, 5) is 14.8. The van der Waals surface area contributed by atoms with Gasteiger partial charge in [0.05, 0.1) is 13.2 Å². The summed E-state index contributed by atoms with van der Waals surface area (Å²) in [5.74, 6) is 3.07. The van der Waals surface area contributed by atoms with Crippen molar-refractivity contribution in [2.75, 3.05) is 33.4 Å². The maximum absolute atomic E-state index is 12.4. The normalized spacial score (nSPS) is 14.9. The van der Waals surface area contributed by atoms with Gasteiger partial charge in [-0.3, -0.25) is 9.69 Å². The van der Waals surface area contributed by atoms with Crippen molar-refractivity contribution in [1.82, 2.24) is 25.0 Å². The molecular formula is C26H31N5O3. The Balaban J connectivity index is 1.28. The Hall–Kier alpha value is -3.65. The van der Waals surface area contributed by atoms with Crippen LogP contribution in [-0.2, 0) is 17.8 Å². The van der Waals surface area contributed by atoms with Crippen molar-refractivity contribution < 1.29 is 14.3 Å². The molecule has 0 spiro atoms. The highest BCUT2D eigenvalue weighted by atomic mass is 16.5. The predicted octanol–water partition coefficient (Wildman–Crippen LogP) is 3.11. The van der Waals surface area contributed by atoms with Gasteiger partial charge in [0.2, 0.25) is 0 Å². The Labute approximate surface area is 200 Å². The molecule has 8 heteroatoms. The van der Waals surface area contributed by atoms with Gasteiger partial charge in [-0.1, -0.05) is 42.5 Å². The average molecular weight is 462 g/mol. The topological polar surface area (TPSA) is 81.5 Å². The number of benzene rings is 2. The molecule has 1 atom stereocenters. The molecule has 2 heterocycles. The number of hydrogen-bond donors (Lipinski definition) is 1. The largest absolute Gasteiger partial charge is 0.497 e. The quantitative estimate of drug-likeness (QED) is 0.527. The number of carbonyl (C=O) groups is 1. The van der Waals surface area contributed by atoms with Gasteiger partial charge < -0.3 is 19.4 Å². The van der Waals surface area contributed by atoms with Gasteiger partial charge in [-0.25, -0.2) is 0 Å². The van der Waals surface area contributed by atoms with E-state index >= 15 is 0 Å². The fourth-order valence-corrected chi connectivity index (χ4v) is 3.96. The Morgan fingerprint density at radius 3 is 2.62 bits per heavy atom. The van der Waals surface area contributed by atoms with Crippen molar-refractivity contribution in [2.45, 2.75) is 25.9 Å². The minimum atomic E-state index is -0.255. The molecule has 0 fully saturated rings. The lowest BCUT2D eigenvalue weighted by atomic mass is 10.2. The van der Waals surface area contributed by atoms with Crippen LogP contribution in [0.25, 0.3) is 6.08 Å². The zero-order chi connectivity index (χ0) is 23.8. The second-order valence-corrected chi connectivity index (χ2v) is 8.24. The van der Waals surface area contributed by atoms with Crippen molar-refractivity contribution >= 4 is 12.0 Å². The van der Waals surface area contributed by atoms with Crippen LogP contribution in [0.5, 0.6) is 11.5 Å². The summed E-state index contributed by atoms with van der Waals surface area (Å²) in [5, 5.41) is 11.7. The number of ether oxygens (including phenoxy) is 2. The molecule has 1 N–H and O–H groups in total. The fourth-order valence-electron chi connectivity index (χ4n) is 3.96. The van der Waals surface area contributed by atoms with Gasteiger partial charge in [-0.05, 0) is 36.8 Å². The van der Waals surface area contributed by atoms with E-state index in [4.69, 9.17) is 9.47 Å². The molecular weight excluding hydrogens is 430 g/mol. The third-order valence-corrected chi connectivity index (χ3v) is 5.82. The van der Waals surface area contributed by atoms with Crippen LogP contribution in [0.4, 0.5) is 0 Å². The number of amides is 1. The van der Waals surface area contributed by atoms with E-state index in [2.05, 4.69) is 37.1 Å². The first kappa shape index (κ1) is 23.5. The van der Waals surface area contributed by atoms with Crippen molar-refractivity contribution in [3.63, 3.8) is 0 Å². The summed E-state index contributed by atoms with van der Waals surface area (Å²) in [6, 6.07) is 17.1. The minimum absolute atomic E-state index is 0.0380. The van der Waals surface area contributed by atoms with Crippen LogP contribution in [0, 0.1) is 0 Å². The Bertz CT molecular complexity index is 1100. The van der Waals surface area contributed by atoms with E-state index < -0.39 is 0 Å². The molecule has 0 bridgehead atoms. The van der Waals surface area contributed by atoms with E-state index in [-0.39, 0.29) is 18.6 Å². The number of nitrogens with one attached hydrogen (secondary N) is 1. The lowest BCUT2D eigenvalue weighted by Gasteiger charge is -2.18. The second-order valence-electron chi connectivity index (χ2n) is 8.24. The number of fused-ring (bicyclic) bond motifs is 1. The fraction of sp³-hybridized carbons (Fsp3) is 0.346. The average Bonchev–Trinajstić information content (AvgIpc) is 3.17. The molecule has 3 aromatic rings. The molecule has 1 aliphatic rings. The third-order valence-electron chi connectivity index (χ3n) is 5.82. The molecule has 2 aromatic carbocycles. The number of nitrogens with zero attached hydrogens (tertiary/aromatic N) is 4. The molecule has 0 radical (unpaired) electrons. The van der Waals surface area contributed by atoms with E-state index in [0.717, 1.165) is 55.6 Å². The van der Waals surface area contributed by atoms with E-state index in [9.17, 15) is 4.79 Å². The smallest absolute Gasteiger partial charge is 0.258 e. The molecule has 0 saturated carbocycles. The van der Waals surface area contributed by atoms with Gasteiger partial charge in [0, 0.05) is 32.6 Å². The second kappa shape index (κ2) is 11.5. The van der Waals surface area contributed by atoms with Crippen molar-refractivity contribution in [2.24, 2.45) is 0 Å². The molecule has 1 amide bonds. The standard InChI is InChI=1S/C26H31N5O3/c1-20(27-25(32)19-34-23-8-4-3-5-9-23)26-29-28-24-14-16-30(17-18-31(24)26)15-6-7-21-10-12-22(33-2)13-11-21/h3-13,20H,14-19H2,1-2H3,(H,27,32). The van der Waals surface area contributed by atoms with Crippen molar-refractivity contribution in [1.29, 1.82) is 0 Å². The summed E-state index contributed by atoms with van der Waals surface area (Å²) < 4.78 is 12.9. The summed E-state index contributed by atoms with van der Waals surface area (Å²) in [5.41, 5.74) is 1.15. The van der Waals surface area contributed by atoms with Crippen LogP contribution >= 0.6 is 0 Å². The van der Waals surface area contributed by atoms with Gasteiger partial charge in [0.1, 0.15) is 17.3 Å². The van der Waals surface area contributed by atoms with Gasteiger partial charge >= 0.3 is 0 Å². The van der Waals surface area contributed by atoms with Crippen molar-refractivity contribution in [3.8, 4) is 11.5 Å². The van der Waals surface area contributed by atoms with Crippen LogP contribution in [-0.4, -0.2) is 58.9 Å². The lowest BCUT2D eigenvalue weighted by molar-refractivity contribution is -0.123. The minimum Gasteiger partial charge on any atom is -0.497 e. The van der Waals surface area contributed by atoms with Crippen LogP contribution in [0.3, 0.4) is 0 Å². The maximum atomic E-state index is 12.4. The van der Waals surface area contributed by atoms with E-state index in [1.165, 1.54) is 0 Å². The van der Waals surface area contributed by atoms with Gasteiger partial charge in [0.15, 0.2) is 12.4 Å². The molecule has 1 unspecified atom stereocenters. The van der Waals surface area contributed by atoms with E-state index in [0.29, 0.717) is 5.75 Å². The monoisotopic (exact) mass is 461 g/mol. The van der Waals surface area contributed by atoms with Crippen LogP contribution in [0.15, 0.2) is 60.7 Å². The van der Waals surface area contributed by atoms with Crippen LogP contribution in [0.1, 0.15) is 30.2 Å². The molecule has 178 valence electrons. The number of rotatable bonds is 9. The summed E-state index contributed by atoms with van der Waals surface area (Å²) in [7, 11) is 1.67. The Morgan fingerprint density at radius 2 is 1.85 bits per heavy atom. The SMILES string of the molecule is COc1ccc(C=CCN2CCc3nnc(C(C)NC(=O)COc4ccccc4)n3CC2)cc1. The highest BCUT2D eigenvalue weighted by molar-refractivity contribution is 5.77. The first-order chi connectivity index (χ1) is 16.6. The predicted molar refractivity (Wildman–Crippen MR) is 131 cm³/mol. The molecule has 1 aromatic heterocycles. The van der Waals surface area contributed by atoms with Crippen molar-refractivity contribution in [3.05, 3.63) is 77.9 Å². The Morgan fingerprint density at radius 1 is 1.06 bits per heavy atom. The molecule has 34 heavy (non-hydrogen) atoms. The summed E-state index contributed by atoms with van der Waals surface area (Å²) >= 11 is 0. The summed E-state index contributed by atoms with van der Waals surface area (Å²) in [6.45, 7) is 5.35. The van der Waals surface area contributed by atoms with Crippen LogP contribution < -0.4 is 14.8 Å². The van der Waals surface area contributed by atoms with E-state index in [1.54, 1.807) is 7.11 Å². The number of carbonyl (C=O) groups excluding carboxylic acids is 1. The number of methoxy groups -OCH3 is 1. The molecule has 0 aliphatic carbocycles. The first-order valence-corrected chi connectivity index (χ1v) is 11.5. The van der Waals surface area contributed by atoms with E-state index in [1.807, 2.05) is 61.5 Å². The first-order valence-electron chi connectivity index (χ1n) is 11.5. The van der Waals surface area contributed by atoms with Gasteiger partial charge in [-0.2, -0.15) is 0 Å². The van der Waals surface area contributed by atoms with Gasteiger partial charge in [-0.15, -0.1) is 10.2 Å². The highest BCUT2D eigenvalue weighted by Crippen LogP contribution is 2.16.